The first kappa shape index (κ1) is 12.6. The van der Waals surface area contributed by atoms with Crippen molar-refractivity contribution in [2.45, 2.75) is 52.0 Å². The van der Waals surface area contributed by atoms with Gasteiger partial charge in [0, 0.05) is 12.2 Å². The lowest BCUT2D eigenvalue weighted by Crippen LogP contribution is -2.20. The highest BCUT2D eigenvalue weighted by Gasteiger charge is 2.26. The lowest BCUT2D eigenvalue weighted by molar-refractivity contribution is 0.386. The zero-order chi connectivity index (χ0) is 12.3. The molecule has 3 heteroatoms. The molecule has 2 N–H and O–H groups in total. The van der Waals surface area contributed by atoms with Crippen LogP contribution in [0.1, 0.15) is 51.3 Å². The Bertz CT molecular complexity index is 345. The average Bonchev–Trinajstić information content (AvgIpc) is 2.97. The molecule has 0 bridgehead atoms. The van der Waals surface area contributed by atoms with Crippen LogP contribution in [0, 0.1) is 11.8 Å². The van der Waals surface area contributed by atoms with Gasteiger partial charge < -0.3 is 5.73 Å². The van der Waals surface area contributed by atoms with Gasteiger partial charge in [0.25, 0.3) is 0 Å². The number of rotatable bonds is 5. The third kappa shape index (κ3) is 2.89. The topological polar surface area (TPSA) is 43.8 Å². The largest absolute Gasteiger partial charge is 0.330 e. The normalized spacial score (nSPS) is 26.3. The van der Waals surface area contributed by atoms with Gasteiger partial charge in [-0.1, -0.05) is 13.3 Å². The molecular weight excluding hydrogens is 210 g/mol. The van der Waals surface area contributed by atoms with Gasteiger partial charge in [-0.05, 0) is 57.1 Å². The molecule has 0 aliphatic heterocycles. The summed E-state index contributed by atoms with van der Waals surface area (Å²) in [6.45, 7) is 5.26. The van der Waals surface area contributed by atoms with E-state index in [1.54, 1.807) is 0 Å². The highest BCUT2D eigenvalue weighted by atomic mass is 15.3. The van der Waals surface area contributed by atoms with Crippen LogP contribution < -0.4 is 5.73 Å². The van der Waals surface area contributed by atoms with Crippen LogP contribution in [0.3, 0.4) is 0 Å². The van der Waals surface area contributed by atoms with E-state index in [9.17, 15) is 0 Å². The van der Waals surface area contributed by atoms with Gasteiger partial charge >= 0.3 is 0 Å². The zero-order valence-corrected chi connectivity index (χ0v) is 11.1. The SMILES string of the molecule is CCC(C)n1ccc(CC2CCCC2CN)n1. The Balaban J connectivity index is 1.96. The third-order valence-electron chi connectivity index (χ3n) is 4.30. The molecule has 2 rings (SSSR count). The molecule has 0 radical (unpaired) electrons. The van der Waals surface area contributed by atoms with E-state index in [1.807, 2.05) is 0 Å². The number of nitrogens with two attached hydrogens (primary N) is 1. The molecule has 17 heavy (non-hydrogen) atoms. The Morgan fingerprint density at radius 3 is 2.94 bits per heavy atom. The van der Waals surface area contributed by atoms with Crippen LogP contribution in [0.2, 0.25) is 0 Å². The number of hydrogen-bond donors (Lipinski definition) is 1. The Morgan fingerprint density at radius 2 is 2.24 bits per heavy atom. The molecule has 0 spiro atoms. The summed E-state index contributed by atoms with van der Waals surface area (Å²) >= 11 is 0. The fourth-order valence-corrected chi connectivity index (χ4v) is 2.88. The molecule has 0 saturated heterocycles. The standard InChI is InChI=1S/C14H25N3/c1-3-11(2)17-8-7-14(16-17)9-12-5-4-6-13(12)10-15/h7-8,11-13H,3-6,9-10,15H2,1-2H3. The highest BCUT2D eigenvalue weighted by Crippen LogP contribution is 2.33. The molecule has 3 nitrogen and oxygen atoms in total. The van der Waals surface area contributed by atoms with E-state index in [2.05, 4.69) is 35.9 Å². The van der Waals surface area contributed by atoms with Crippen LogP contribution in [0.25, 0.3) is 0 Å². The highest BCUT2D eigenvalue weighted by molar-refractivity contribution is 5.02. The molecule has 1 aliphatic rings. The average molecular weight is 235 g/mol. The van der Waals surface area contributed by atoms with E-state index in [0.29, 0.717) is 6.04 Å². The molecule has 1 heterocycles. The van der Waals surface area contributed by atoms with Crippen molar-refractivity contribution < 1.29 is 0 Å². The fourth-order valence-electron chi connectivity index (χ4n) is 2.88. The molecular formula is C14H25N3. The molecule has 1 aromatic rings. The quantitative estimate of drug-likeness (QED) is 0.853. The van der Waals surface area contributed by atoms with Gasteiger partial charge in [0.15, 0.2) is 0 Å². The van der Waals surface area contributed by atoms with Crippen LogP contribution in [-0.4, -0.2) is 16.3 Å². The lowest BCUT2D eigenvalue weighted by atomic mass is 9.92. The van der Waals surface area contributed by atoms with Crippen LogP contribution in [-0.2, 0) is 6.42 Å². The first-order valence-corrected chi connectivity index (χ1v) is 6.98. The van der Waals surface area contributed by atoms with E-state index in [-0.39, 0.29) is 0 Å². The van der Waals surface area contributed by atoms with Crippen molar-refractivity contribution in [1.29, 1.82) is 0 Å². The van der Waals surface area contributed by atoms with Gasteiger partial charge in [0.05, 0.1) is 5.69 Å². The van der Waals surface area contributed by atoms with E-state index in [1.165, 1.54) is 25.0 Å². The van der Waals surface area contributed by atoms with Gasteiger partial charge in [-0.3, -0.25) is 4.68 Å². The molecule has 1 aromatic heterocycles. The van der Waals surface area contributed by atoms with Gasteiger partial charge in [-0.2, -0.15) is 5.10 Å². The predicted octanol–water partition coefficient (Wildman–Crippen LogP) is 2.77. The first-order valence-electron chi connectivity index (χ1n) is 6.98. The summed E-state index contributed by atoms with van der Waals surface area (Å²) in [6, 6.07) is 2.69. The minimum absolute atomic E-state index is 0.512. The van der Waals surface area contributed by atoms with Gasteiger partial charge in [-0.15, -0.1) is 0 Å². The molecule has 1 aliphatic carbocycles. The van der Waals surface area contributed by atoms with Gasteiger partial charge in [0.1, 0.15) is 0 Å². The summed E-state index contributed by atoms with van der Waals surface area (Å²) in [4.78, 5) is 0. The maximum absolute atomic E-state index is 5.83. The summed E-state index contributed by atoms with van der Waals surface area (Å²) in [6.07, 6.45) is 8.36. The predicted molar refractivity (Wildman–Crippen MR) is 70.8 cm³/mol. The molecule has 3 unspecified atom stereocenters. The Morgan fingerprint density at radius 1 is 1.47 bits per heavy atom. The minimum Gasteiger partial charge on any atom is -0.330 e. The van der Waals surface area contributed by atoms with E-state index >= 15 is 0 Å². The fraction of sp³-hybridized carbons (Fsp3) is 0.786. The van der Waals surface area contributed by atoms with Crippen molar-refractivity contribution in [3.8, 4) is 0 Å². The van der Waals surface area contributed by atoms with Crippen LogP contribution in [0.4, 0.5) is 0 Å². The van der Waals surface area contributed by atoms with Gasteiger partial charge in [0.2, 0.25) is 0 Å². The van der Waals surface area contributed by atoms with E-state index < -0.39 is 0 Å². The molecule has 1 saturated carbocycles. The van der Waals surface area contributed by atoms with Crippen molar-refractivity contribution in [3.63, 3.8) is 0 Å². The number of hydrogen-bond acceptors (Lipinski definition) is 2. The monoisotopic (exact) mass is 235 g/mol. The van der Waals surface area contributed by atoms with Crippen LogP contribution in [0.5, 0.6) is 0 Å². The maximum Gasteiger partial charge on any atom is 0.0627 e. The molecule has 0 aromatic carbocycles. The van der Waals surface area contributed by atoms with Crippen molar-refractivity contribution >= 4 is 0 Å². The summed E-state index contributed by atoms with van der Waals surface area (Å²) in [7, 11) is 0. The number of aromatic nitrogens is 2. The minimum atomic E-state index is 0.512. The second-order valence-electron chi connectivity index (χ2n) is 5.44. The summed E-state index contributed by atoms with van der Waals surface area (Å²) in [5.74, 6) is 1.49. The first-order chi connectivity index (χ1) is 8.24. The maximum atomic E-state index is 5.83. The zero-order valence-electron chi connectivity index (χ0n) is 11.1. The summed E-state index contributed by atoms with van der Waals surface area (Å²) < 4.78 is 2.10. The van der Waals surface area contributed by atoms with E-state index in [0.717, 1.165) is 31.2 Å². The van der Waals surface area contributed by atoms with Crippen molar-refractivity contribution in [3.05, 3.63) is 18.0 Å². The summed E-state index contributed by atoms with van der Waals surface area (Å²) in [5, 5.41) is 4.69. The second-order valence-corrected chi connectivity index (χ2v) is 5.44. The van der Waals surface area contributed by atoms with Crippen molar-refractivity contribution in [1.82, 2.24) is 9.78 Å². The smallest absolute Gasteiger partial charge is 0.0627 e. The van der Waals surface area contributed by atoms with Crippen molar-refractivity contribution in [2.75, 3.05) is 6.54 Å². The third-order valence-corrected chi connectivity index (χ3v) is 4.30. The Kier molecular flexibility index (Phi) is 4.21. The van der Waals surface area contributed by atoms with Crippen LogP contribution >= 0.6 is 0 Å². The number of nitrogens with zero attached hydrogens (tertiary/aromatic N) is 2. The van der Waals surface area contributed by atoms with Gasteiger partial charge in [-0.25, -0.2) is 0 Å². The molecule has 1 fully saturated rings. The Labute approximate surface area is 104 Å². The van der Waals surface area contributed by atoms with E-state index in [4.69, 9.17) is 5.73 Å². The molecule has 96 valence electrons. The summed E-state index contributed by atoms with van der Waals surface area (Å²) in [5.41, 5.74) is 7.07. The molecule has 0 amide bonds. The second kappa shape index (κ2) is 5.67. The Hall–Kier alpha value is -0.830. The molecule has 3 atom stereocenters. The van der Waals surface area contributed by atoms with Crippen LogP contribution in [0.15, 0.2) is 12.3 Å². The van der Waals surface area contributed by atoms with Crippen molar-refractivity contribution in [2.24, 2.45) is 17.6 Å². The lowest BCUT2D eigenvalue weighted by Gasteiger charge is -2.16.